The number of nitrogens with one attached hydrogen (secondary N) is 1. The first kappa shape index (κ1) is 24.2. The quantitative estimate of drug-likeness (QED) is 0.143. The third-order valence-electron chi connectivity index (χ3n) is 3.99. The number of alkyl halides is 1. The van der Waals surface area contributed by atoms with Crippen molar-refractivity contribution in [3.05, 3.63) is 29.8 Å². The van der Waals surface area contributed by atoms with Gasteiger partial charge in [0.2, 0.25) is 0 Å². The normalized spacial score (nSPS) is 10.7. The molecule has 0 aliphatic rings. The van der Waals surface area contributed by atoms with Crippen LogP contribution in [0.15, 0.2) is 24.3 Å². The predicted octanol–water partition coefficient (Wildman–Crippen LogP) is 5.08. The van der Waals surface area contributed by atoms with Gasteiger partial charge < -0.3 is 19.5 Å². The van der Waals surface area contributed by atoms with Crippen molar-refractivity contribution in [3.8, 4) is 0 Å². The largest absolute Gasteiger partial charge is 0.460 e. The topological polar surface area (TPSA) is 56.8 Å². The number of rotatable bonds is 17. The molecular weight excluding hydrogens is 457 g/mol. The van der Waals surface area contributed by atoms with E-state index in [1.54, 1.807) is 12.1 Å². The zero-order valence-electron chi connectivity index (χ0n) is 16.5. The van der Waals surface area contributed by atoms with E-state index in [1.165, 1.54) is 23.7 Å². The average Bonchev–Trinajstić information content (AvgIpc) is 2.69. The Morgan fingerprint density at radius 3 is 2.26 bits per heavy atom. The lowest BCUT2D eigenvalue weighted by Crippen LogP contribution is -2.13. The van der Waals surface area contributed by atoms with Crippen LogP contribution in [0.25, 0.3) is 0 Å². The molecular formula is C21H34INO4. The molecule has 0 saturated carbocycles. The first-order chi connectivity index (χ1) is 13.3. The number of carbonyl (C=O) groups is 1. The monoisotopic (exact) mass is 491 g/mol. The molecule has 1 aromatic rings. The third-order valence-corrected chi connectivity index (χ3v) is 4.75. The molecule has 0 atom stereocenters. The average molecular weight is 491 g/mol. The van der Waals surface area contributed by atoms with Crippen molar-refractivity contribution >= 4 is 34.2 Å². The summed E-state index contributed by atoms with van der Waals surface area (Å²) < 4.78 is 17.4. The molecule has 0 aromatic heterocycles. The lowest BCUT2D eigenvalue weighted by molar-refractivity contribution is 0.0142. The molecule has 0 aliphatic carbocycles. The standard InChI is InChI=1S/C21H34INO4/c1-2-3-13-23-20-10-8-19(9-11-20)21(24)27-18-17-26-16-15-25-14-7-5-4-6-12-22/h8-11,23H,2-7,12-18H2,1H3. The van der Waals surface area contributed by atoms with Gasteiger partial charge in [-0.1, -0.05) is 48.8 Å². The van der Waals surface area contributed by atoms with Crippen LogP contribution in [0.4, 0.5) is 5.69 Å². The van der Waals surface area contributed by atoms with E-state index < -0.39 is 0 Å². The molecule has 0 amide bonds. The molecule has 0 radical (unpaired) electrons. The van der Waals surface area contributed by atoms with Crippen molar-refractivity contribution in [2.24, 2.45) is 0 Å². The summed E-state index contributed by atoms with van der Waals surface area (Å²) in [7, 11) is 0. The molecule has 0 saturated heterocycles. The Morgan fingerprint density at radius 1 is 0.889 bits per heavy atom. The molecule has 0 aliphatic heterocycles. The molecule has 0 heterocycles. The third kappa shape index (κ3) is 13.0. The summed E-state index contributed by atoms with van der Waals surface area (Å²) in [5, 5.41) is 3.32. The zero-order valence-corrected chi connectivity index (χ0v) is 18.7. The number of anilines is 1. The van der Waals surface area contributed by atoms with Crippen LogP contribution >= 0.6 is 22.6 Å². The van der Waals surface area contributed by atoms with Gasteiger partial charge in [0.1, 0.15) is 6.61 Å². The van der Waals surface area contributed by atoms with Crippen molar-refractivity contribution in [1.82, 2.24) is 0 Å². The van der Waals surface area contributed by atoms with Crippen molar-refractivity contribution < 1.29 is 19.0 Å². The Morgan fingerprint density at radius 2 is 1.56 bits per heavy atom. The maximum Gasteiger partial charge on any atom is 0.338 e. The molecule has 1 rings (SSSR count). The van der Waals surface area contributed by atoms with Crippen LogP contribution in [0.5, 0.6) is 0 Å². The summed E-state index contributed by atoms with van der Waals surface area (Å²) >= 11 is 2.41. The summed E-state index contributed by atoms with van der Waals surface area (Å²) in [5.74, 6) is -0.318. The van der Waals surface area contributed by atoms with E-state index in [1.807, 2.05) is 12.1 Å². The highest BCUT2D eigenvalue weighted by Gasteiger charge is 2.06. The van der Waals surface area contributed by atoms with Gasteiger partial charge >= 0.3 is 5.97 Å². The van der Waals surface area contributed by atoms with Gasteiger partial charge in [-0.15, -0.1) is 0 Å². The van der Waals surface area contributed by atoms with Crippen LogP contribution in [0.3, 0.4) is 0 Å². The SMILES string of the molecule is CCCCNc1ccc(C(=O)OCCOCCOCCCCCCI)cc1. The van der Waals surface area contributed by atoms with Crippen molar-refractivity contribution in [2.45, 2.75) is 45.4 Å². The van der Waals surface area contributed by atoms with E-state index in [0.717, 1.165) is 38.1 Å². The first-order valence-corrected chi connectivity index (χ1v) is 11.5. The zero-order chi connectivity index (χ0) is 19.6. The van der Waals surface area contributed by atoms with Gasteiger partial charge in [0.15, 0.2) is 0 Å². The van der Waals surface area contributed by atoms with Gasteiger partial charge in [-0.3, -0.25) is 0 Å². The highest BCUT2D eigenvalue weighted by molar-refractivity contribution is 14.1. The van der Waals surface area contributed by atoms with Crippen molar-refractivity contribution in [2.75, 3.05) is 49.3 Å². The van der Waals surface area contributed by atoms with E-state index in [9.17, 15) is 4.79 Å². The Bertz CT molecular complexity index is 482. The van der Waals surface area contributed by atoms with Gasteiger partial charge in [0.05, 0.1) is 25.4 Å². The maximum absolute atomic E-state index is 12.0. The summed E-state index contributed by atoms with van der Waals surface area (Å²) in [4.78, 5) is 12.0. The molecule has 0 fully saturated rings. The Balaban J connectivity index is 1.99. The van der Waals surface area contributed by atoms with E-state index in [2.05, 4.69) is 34.8 Å². The lowest BCUT2D eigenvalue weighted by atomic mass is 10.2. The minimum atomic E-state index is -0.318. The van der Waals surface area contributed by atoms with Gasteiger partial charge in [0.25, 0.3) is 0 Å². The van der Waals surface area contributed by atoms with Gasteiger partial charge in [-0.25, -0.2) is 4.79 Å². The molecule has 1 N–H and O–H groups in total. The number of carbonyl (C=O) groups excluding carboxylic acids is 1. The fourth-order valence-electron chi connectivity index (χ4n) is 2.38. The maximum atomic E-state index is 12.0. The van der Waals surface area contributed by atoms with Crippen LogP contribution in [0, 0.1) is 0 Å². The number of benzene rings is 1. The minimum absolute atomic E-state index is 0.256. The van der Waals surface area contributed by atoms with E-state index in [4.69, 9.17) is 14.2 Å². The van der Waals surface area contributed by atoms with E-state index >= 15 is 0 Å². The summed E-state index contributed by atoms with van der Waals surface area (Å²) in [6.45, 7) is 5.67. The number of unbranched alkanes of at least 4 members (excludes halogenated alkanes) is 4. The second kappa shape index (κ2) is 17.3. The Labute approximate surface area is 177 Å². The highest BCUT2D eigenvalue weighted by atomic mass is 127. The summed E-state index contributed by atoms with van der Waals surface area (Å²) in [5.41, 5.74) is 1.58. The molecule has 0 bridgehead atoms. The van der Waals surface area contributed by atoms with Crippen LogP contribution in [0.2, 0.25) is 0 Å². The first-order valence-electron chi connectivity index (χ1n) is 10.0. The van der Waals surface area contributed by atoms with Gasteiger partial charge in [-0.2, -0.15) is 0 Å². The second-order valence-corrected chi connectivity index (χ2v) is 7.40. The minimum Gasteiger partial charge on any atom is -0.460 e. The molecule has 1 aromatic carbocycles. The van der Waals surface area contributed by atoms with E-state index in [0.29, 0.717) is 25.4 Å². The lowest BCUT2D eigenvalue weighted by Gasteiger charge is -2.08. The number of ether oxygens (including phenoxy) is 3. The van der Waals surface area contributed by atoms with Crippen molar-refractivity contribution in [1.29, 1.82) is 0 Å². The molecule has 0 spiro atoms. The predicted molar refractivity (Wildman–Crippen MR) is 119 cm³/mol. The molecule has 0 unspecified atom stereocenters. The smallest absolute Gasteiger partial charge is 0.338 e. The van der Waals surface area contributed by atoms with Crippen LogP contribution in [-0.2, 0) is 14.2 Å². The Kier molecular flexibility index (Phi) is 15.4. The van der Waals surface area contributed by atoms with Gasteiger partial charge in [-0.05, 0) is 48.0 Å². The highest BCUT2D eigenvalue weighted by Crippen LogP contribution is 2.10. The molecule has 6 heteroatoms. The van der Waals surface area contributed by atoms with E-state index in [-0.39, 0.29) is 12.6 Å². The number of halogens is 1. The van der Waals surface area contributed by atoms with Crippen LogP contribution in [-0.4, -0.2) is 50.0 Å². The van der Waals surface area contributed by atoms with Crippen LogP contribution < -0.4 is 5.32 Å². The molecule has 5 nitrogen and oxygen atoms in total. The van der Waals surface area contributed by atoms with Gasteiger partial charge in [0, 0.05) is 18.8 Å². The number of hydrogen-bond donors (Lipinski definition) is 1. The summed E-state index contributed by atoms with van der Waals surface area (Å²) in [6, 6.07) is 7.38. The molecule has 154 valence electrons. The summed E-state index contributed by atoms with van der Waals surface area (Å²) in [6.07, 6.45) is 7.21. The fourth-order valence-corrected chi connectivity index (χ4v) is 2.92. The number of hydrogen-bond acceptors (Lipinski definition) is 5. The Hall–Kier alpha value is -0.860. The second-order valence-electron chi connectivity index (χ2n) is 6.32. The molecule has 27 heavy (non-hydrogen) atoms. The number of esters is 1. The fraction of sp³-hybridized carbons (Fsp3) is 0.667. The van der Waals surface area contributed by atoms with Crippen LogP contribution in [0.1, 0.15) is 55.8 Å². The van der Waals surface area contributed by atoms with Crippen molar-refractivity contribution in [3.63, 3.8) is 0 Å².